The molecule has 0 radical (unpaired) electrons. The highest BCUT2D eigenvalue weighted by atomic mass is 19.4. The summed E-state index contributed by atoms with van der Waals surface area (Å²) in [5.41, 5.74) is -1.32. The first-order valence-electron chi connectivity index (χ1n) is 6.54. The molecule has 1 aliphatic heterocycles. The zero-order valence-electron chi connectivity index (χ0n) is 11.9. The van der Waals surface area contributed by atoms with Crippen LogP contribution in [0.4, 0.5) is 18.0 Å². The second-order valence-corrected chi connectivity index (χ2v) is 4.73. The summed E-state index contributed by atoms with van der Waals surface area (Å²) in [5.74, 6) is -3.10. The number of Topliss-reactive ketones (excluding diaryl/α,β-unsaturated/α-hetero) is 1. The van der Waals surface area contributed by atoms with Crippen molar-refractivity contribution in [1.29, 1.82) is 0 Å². The lowest BCUT2D eigenvalue weighted by Gasteiger charge is -2.14. The number of imide groups is 2. The molecule has 2 rings (SSSR count). The van der Waals surface area contributed by atoms with E-state index in [9.17, 15) is 32.3 Å². The van der Waals surface area contributed by atoms with Crippen LogP contribution in [0.25, 0.3) is 0 Å². The zero-order valence-corrected chi connectivity index (χ0v) is 11.9. The van der Waals surface area contributed by atoms with Gasteiger partial charge in [-0.3, -0.25) is 19.3 Å². The molecule has 0 spiro atoms. The van der Waals surface area contributed by atoms with Gasteiger partial charge in [-0.2, -0.15) is 13.2 Å². The molecule has 4 amide bonds. The van der Waals surface area contributed by atoms with Crippen molar-refractivity contribution >= 4 is 23.6 Å². The van der Waals surface area contributed by atoms with E-state index in [4.69, 9.17) is 0 Å². The average molecular weight is 328 g/mol. The minimum atomic E-state index is -4.62. The number of hydrogen-bond donors (Lipinski definition) is 0. The monoisotopic (exact) mass is 328 g/mol. The van der Waals surface area contributed by atoms with E-state index in [-0.39, 0.29) is 12.1 Å². The molecule has 0 unspecified atom stereocenters. The molecule has 23 heavy (non-hydrogen) atoms. The Morgan fingerprint density at radius 3 is 2.22 bits per heavy atom. The number of likely N-dealkylation sites (N-methyl/N-ethyl adjacent to an activating group) is 1. The number of nitrogens with zero attached hydrogens (tertiary/aromatic N) is 2. The first-order chi connectivity index (χ1) is 10.7. The molecule has 1 fully saturated rings. The lowest BCUT2D eigenvalue weighted by molar-refractivity contribution is -0.143. The van der Waals surface area contributed by atoms with Gasteiger partial charge in [0, 0.05) is 12.1 Å². The van der Waals surface area contributed by atoms with Gasteiger partial charge in [-0.05, 0) is 19.1 Å². The van der Waals surface area contributed by atoms with Gasteiger partial charge >= 0.3 is 24.0 Å². The van der Waals surface area contributed by atoms with Crippen molar-refractivity contribution in [2.24, 2.45) is 0 Å². The fourth-order valence-corrected chi connectivity index (χ4v) is 2.07. The number of carbonyl (C=O) groups is 4. The molecule has 0 N–H and O–H groups in total. The minimum Gasteiger partial charge on any atom is -0.292 e. The topological polar surface area (TPSA) is 74.8 Å². The Kier molecular flexibility index (Phi) is 4.22. The molecule has 122 valence electrons. The van der Waals surface area contributed by atoms with Crippen LogP contribution in [0.3, 0.4) is 0 Å². The van der Waals surface area contributed by atoms with Crippen molar-refractivity contribution in [2.75, 3.05) is 13.1 Å². The summed E-state index contributed by atoms with van der Waals surface area (Å²) in [6.07, 6.45) is -4.62. The first kappa shape index (κ1) is 16.7. The molecule has 0 bridgehead atoms. The van der Waals surface area contributed by atoms with E-state index in [0.29, 0.717) is 15.9 Å². The molecule has 1 heterocycles. The Hall–Kier alpha value is -2.71. The summed E-state index contributed by atoms with van der Waals surface area (Å²) in [7, 11) is 0. The number of ketones is 1. The highest BCUT2D eigenvalue weighted by Crippen LogP contribution is 2.29. The molecule has 1 aromatic carbocycles. The number of urea groups is 1. The molecular weight excluding hydrogens is 317 g/mol. The van der Waals surface area contributed by atoms with Gasteiger partial charge in [0.25, 0.3) is 0 Å². The highest BCUT2D eigenvalue weighted by Gasteiger charge is 2.44. The maximum Gasteiger partial charge on any atom is 0.416 e. The van der Waals surface area contributed by atoms with Crippen molar-refractivity contribution in [3.63, 3.8) is 0 Å². The Morgan fingerprint density at radius 2 is 1.70 bits per heavy atom. The zero-order chi connectivity index (χ0) is 17.4. The summed E-state index contributed by atoms with van der Waals surface area (Å²) < 4.78 is 37.9. The lowest BCUT2D eigenvalue weighted by atomic mass is 10.1. The van der Waals surface area contributed by atoms with Crippen LogP contribution in [0.1, 0.15) is 22.8 Å². The molecular formula is C14H11F3N2O4. The van der Waals surface area contributed by atoms with Gasteiger partial charge in [0.2, 0.25) is 0 Å². The van der Waals surface area contributed by atoms with Crippen molar-refractivity contribution in [3.8, 4) is 0 Å². The number of rotatable bonds is 4. The molecule has 9 heteroatoms. The molecule has 6 nitrogen and oxygen atoms in total. The van der Waals surface area contributed by atoms with Crippen molar-refractivity contribution in [3.05, 3.63) is 35.4 Å². The fraction of sp³-hybridized carbons (Fsp3) is 0.286. The molecule has 0 saturated carbocycles. The Bertz CT molecular complexity index is 700. The lowest BCUT2D eigenvalue weighted by Crippen LogP contribution is -2.37. The number of benzene rings is 1. The predicted molar refractivity (Wildman–Crippen MR) is 70.3 cm³/mol. The van der Waals surface area contributed by atoms with Crippen molar-refractivity contribution < 1.29 is 32.3 Å². The summed E-state index contributed by atoms with van der Waals surface area (Å²) in [5, 5.41) is 0. The number of amides is 4. The highest BCUT2D eigenvalue weighted by molar-refractivity contribution is 6.45. The Balaban J connectivity index is 2.22. The van der Waals surface area contributed by atoms with Crippen molar-refractivity contribution in [1.82, 2.24) is 9.80 Å². The number of halogens is 3. The SMILES string of the molecule is CCN1C(=O)C(=O)N(CC(=O)c2cccc(C(F)(F)F)c2)C1=O. The Morgan fingerprint density at radius 1 is 1.09 bits per heavy atom. The van der Waals surface area contributed by atoms with Gasteiger partial charge < -0.3 is 0 Å². The van der Waals surface area contributed by atoms with Crippen LogP contribution < -0.4 is 0 Å². The Labute approximate surface area is 128 Å². The number of alkyl halides is 3. The molecule has 0 aromatic heterocycles. The van der Waals surface area contributed by atoms with Crippen LogP contribution in [0.15, 0.2) is 24.3 Å². The van der Waals surface area contributed by atoms with Crippen molar-refractivity contribution in [2.45, 2.75) is 13.1 Å². The van der Waals surface area contributed by atoms with Crippen LogP contribution >= 0.6 is 0 Å². The normalized spacial score (nSPS) is 15.6. The molecule has 1 saturated heterocycles. The molecule has 1 aromatic rings. The van der Waals surface area contributed by atoms with Gasteiger partial charge in [-0.15, -0.1) is 0 Å². The van der Waals surface area contributed by atoms with E-state index in [1.165, 1.54) is 6.92 Å². The summed E-state index contributed by atoms with van der Waals surface area (Å²) in [6, 6.07) is 2.66. The van der Waals surface area contributed by atoms with Gasteiger partial charge in [0.1, 0.15) is 0 Å². The third-order valence-corrected chi connectivity index (χ3v) is 3.26. The quantitative estimate of drug-likeness (QED) is 0.479. The summed E-state index contributed by atoms with van der Waals surface area (Å²) in [6.45, 7) is 0.639. The second kappa shape index (κ2) is 5.82. The third-order valence-electron chi connectivity index (χ3n) is 3.26. The van der Waals surface area contributed by atoms with Gasteiger partial charge in [-0.1, -0.05) is 12.1 Å². The van der Waals surface area contributed by atoms with E-state index >= 15 is 0 Å². The van der Waals surface area contributed by atoms with E-state index in [0.717, 1.165) is 18.2 Å². The van der Waals surface area contributed by atoms with E-state index in [1.807, 2.05) is 0 Å². The smallest absolute Gasteiger partial charge is 0.292 e. The maximum absolute atomic E-state index is 12.6. The van der Waals surface area contributed by atoms with Gasteiger partial charge in [0.05, 0.1) is 12.1 Å². The van der Waals surface area contributed by atoms with E-state index in [1.54, 1.807) is 0 Å². The summed E-state index contributed by atoms with van der Waals surface area (Å²) >= 11 is 0. The second-order valence-electron chi connectivity index (χ2n) is 4.73. The maximum atomic E-state index is 12.6. The number of hydrogen-bond acceptors (Lipinski definition) is 4. The third kappa shape index (κ3) is 3.08. The first-order valence-corrected chi connectivity index (χ1v) is 6.54. The van der Waals surface area contributed by atoms with Crippen LogP contribution in [0.5, 0.6) is 0 Å². The van der Waals surface area contributed by atoms with Crippen LogP contribution in [-0.2, 0) is 15.8 Å². The van der Waals surface area contributed by atoms with Crippen LogP contribution in [0.2, 0.25) is 0 Å². The molecule has 0 aliphatic carbocycles. The van der Waals surface area contributed by atoms with E-state index < -0.39 is 41.9 Å². The van der Waals surface area contributed by atoms with Gasteiger partial charge in [0.15, 0.2) is 5.78 Å². The average Bonchev–Trinajstić information content (AvgIpc) is 2.70. The predicted octanol–water partition coefficient (Wildman–Crippen LogP) is 1.70. The standard InChI is InChI=1S/C14H11F3N2O4/c1-2-18-11(21)12(22)19(13(18)23)7-10(20)8-4-3-5-9(6-8)14(15,16)17/h3-6H,2,7H2,1H3. The fourth-order valence-electron chi connectivity index (χ4n) is 2.07. The molecule has 1 aliphatic rings. The van der Waals surface area contributed by atoms with Crippen LogP contribution in [0, 0.1) is 0 Å². The molecule has 0 atom stereocenters. The van der Waals surface area contributed by atoms with E-state index in [2.05, 4.69) is 0 Å². The largest absolute Gasteiger partial charge is 0.416 e. The van der Waals surface area contributed by atoms with Gasteiger partial charge in [-0.25, -0.2) is 9.69 Å². The minimum absolute atomic E-state index is 0.0440. The number of carbonyl (C=O) groups excluding carboxylic acids is 4. The summed E-state index contributed by atoms with van der Waals surface area (Å²) in [4.78, 5) is 48.1. The van der Waals surface area contributed by atoms with Crippen LogP contribution in [-0.4, -0.2) is 46.5 Å².